The van der Waals surface area contributed by atoms with Crippen molar-refractivity contribution in [3.63, 3.8) is 0 Å². The highest BCUT2D eigenvalue weighted by molar-refractivity contribution is 7.89. The first-order chi connectivity index (χ1) is 10.5. The van der Waals surface area contributed by atoms with Crippen LogP contribution < -0.4 is 15.4 Å². The highest BCUT2D eigenvalue weighted by Crippen LogP contribution is 2.28. The number of anilines is 1. The maximum Gasteiger partial charge on any atom is 0.246 e. The van der Waals surface area contributed by atoms with Gasteiger partial charge in [0.15, 0.2) is 0 Å². The number of carbonyl (C=O) groups excluding carboxylic acids is 1. The number of ether oxygens (including phenoxy) is 1. The Hall–Kier alpha value is -1.64. The van der Waals surface area contributed by atoms with Gasteiger partial charge in [0.25, 0.3) is 0 Å². The van der Waals surface area contributed by atoms with Crippen LogP contribution in [0.15, 0.2) is 23.1 Å². The minimum absolute atomic E-state index is 0.00609. The molecular weight excluding hydrogens is 318 g/mol. The largest absolute Gasteiger partial charge is 0.495 e. The molecule has 0 saturated heterocycles. The van der Waals surface area contributed by atoms with Crippen molar-refractivity contribution in [2.75, 3.05) is 33.1 Å². The molecular formula is C15H25N3O4S. The summed E-state index contributed by atoms with van der Waals surface area (Å²) in [6, 6.07) is 4.51. The van der Waals surface area contributed by atoms with E-state index >= 15 is 0 Å². The van der Waals surface area contributed by atoms with Crippen LogP contribution in [0.3, 0.4) is 0 Å². The molecule has 0 atom stereocenters. The van der Waals surface area contributed by atoms with Gasteiger partial charge in [-0.3, -0.25) is 4.79 Å². The lowest BCUT2D eigenvalue weighted by Gasteiger charge is -2.20. The average Bonchev–Trinajstić information content (AvgIpc) is 2.44. The molecule has 0 fully saturated rings. The van der Waals surface area contributed by atoms with Gasteiger partial charge in [-0.1, -0.05) is 0 Å². The van der Waals surface area contributed by atoms with Crippen molar-refractivity contribution in [1.82, 2.24) is 9.62 Å². The van der Waals surface area contributed by atoms with Crippen LogP contribution in [0.1, 0.15) is 20.8 Å². The Morgan fingerprint density at radius 2 is 1.87 bits per heavy atom. The number of amides is 1. The molecule has 0 aliphatic heterocycles. The molecule has 7 nitrogen and oxygen atoms in total. The normalized spacial score (nSPS) is 12.3. The number of rotatable bonds is 6. The molecule has 1 rings (SSSR count). The fourth-order valence-electron chi connectivity index (χ4n) is 1.70. The van der Waals surface area contributed by atoms with Gasteiger partial charge in [-0.25, -0.2) is 12.7 Å². The van der Waals surface area contributed by atoms with Gasteiger partial charge in [0.1, 0.15) is 10.6 Å². The van der Waals surface area contributed by atoms with Crippen molar-refractivity contribution in [1.29, 1.82) is 0 Å². The van der Waals surface area contributed by atoms with Crippen LogP contribution in [0.25, 0.3) is 0 Å². The van der Waals surface area contributed by atoms with E-state index in [1.165, 1.54) is 33.3 Å². The number of methoxy groups -OCH3 is 1. The molecule has 1 amide bonds. The highest BCUT2D eigenvalue weighted by Gasteiger charge is 2.23. The molecule has 0 aliphatic rings. The van der Waals surface area contributed by atoms with Crippen LogP contribution >= 0.6 is 0 Å². The zero-order valence-electron chi connectivity index (χ0n) is 14.4. The molecule has 0 saturated carbocycles. The van der Waals surface area contributed by atoms with Crippen LogP contribution in [0.4, 0.5) is 5.69 Å². The second-order valence-corrected chi connectivity index (χ2v) is 8.43. The fraction of sp³-hybridized carbons (Fsp3) is 0.533. The molecule has 0 bridgehead atoms. The molecule has 0 aliphatic carbocycles. The zero-order valence-corrected chi connectivity index (χ0v) is 15.2. The number of hydrogen-bond donors (Lipinski definition) is 2. The highest BCUT2D eigenvalue weighted by atomic mass is 32.2. The minimum atomic E-state index is -3.67. The molecule has 1 aromatic rings. The lowest BCUT2D eigenvalue weighted by atomic mass is 10.1. The van der Waals surface area contributed by atoms with E-state index < -0.39 is 10.0 Å². The first kappa shape index (κ1) is 19.4. The number of hydrogen-bond acceptors (Lipinski definition) is 5. The molecule has 0 radical (unpaired) electrons. The van der Waals surface area contributed by atoms with Gasteiger partial charge < -0.3 is 15.4 Å². The smallest absolute Gasteiger partial charge is 0.246 e. The summed E-state index contributed by atoms with van der Waals surface area (Å²) >= 11 is 0. The zero-order chi connectivity index (χ0) is 17.8. The molecule has 0 heterocycles. The van der Waals surface area contributed by atoms with Gasteiger partial charge in [0.2, 0.25) is 15.9 Å². The molecule has 2 N–H and O–H groups in total. The van der Waals surface area contributed by atoms with E-state index in [-0.39, 0.29) is 28.6 Å². The fourth-order valence-corrected chi connectivity index (χ4v) is 2.78. The van der Waals surface area contributed by atoms with Crippen molar-refractivity contribution < 1.29 is 17.9 Å². The lowest BCUT2D eigenvalue weighted by Crippen LogP contribution is -2.41. The van der Waals surface area contributed by atoms with Crippen LogP contribution in [-0.2, 0) is 14.8 Å². The number of nitrogens with zero attached hydrogens (tertiary/aromatic N) is 1. The van der Waals surface area contributed by atoms with Crippen LogP contribution in [0, 0.1) is 0 Å². The first-order valence-corrected chi connectivity index (χ1v) is 8.57. The Bertz CT molecular complexity index is 664. The summed E-state index contributed by atoms with van der Waals surface area (Å²) < 4.78 is 30.9. The molecule has 8 heteroatoms. The predicted molar refractivity (Wildman–Crippen MR) is 90.3 cm³/mol. The third-order valence-corrected chi connectivity index (χ3v) is 4.82. The van der Waals surface area contributed by atoms with E-state index in [1.807, 2.05) is 20.8 Å². The molecule has 130 valence electrons. The summed E-state index contributed by atoms with van der Waals surface area (Å²) in [6.07, 6.45) is 0. The van der Waals surface area contributed by atoms with Crippen molar-refractivity contribution in [2.45, 2.75) is 31.2 Å². The summed E-state index contributed by atoms with van der Waals surface area (Å²) in [5.41, 5.74) is 0.211. The van der Waals surface area contributed by atoms with Gasteiger partial charge in [0, 0.05) is 25.3 Å². The van der Waals surface area contributed by atoms with Crippen molar-refractivity contribution >= 4 is 21.6 Å². The summed E-state index contributed by atoms with van der Waals surface area (Å²) in [5.74, 6) is -0.0252. The molecule has 0 unspecified atom stereocenters. The maximum atomic E-state index is 12.3. The molecule has 1 aromatic carbocycles. The Morgan fingerprint density at radius 1 is 1.26 bits per heavy atom. The predicted octanol–water partition coefficient (Wildman–Crippen LogP) is 1.27. The summed E-state index contributed by atoms with van der Waals surface area (Å²) in [5, 5.41) is 5.74. The van der Waals surface area contributed by atoms with E-state index in [1.54, 1.807) is 6.07 Å². The van der Waals surface area contributed by atoms with Crippen molar-refractivity contribution in [3.8, 4) is 5.75 Å². The van der Waals surface area contributed by atoms with Gasteiger partial charge >= 0.3 is 0 Å². The van der Waals surface area contributed by atoms with Gasteiger partial charge in [-0.2, -0.15) is 0 Å². The Labute approximate surface area is 138 Å². The van der Waals surface area contributed by atoms with Crippen LogP contribution in [0.2, 0.25) is 0 Å². The number of benzene rings is 1. The van der Waals surface area contributed by atoms with E-state index in [0.29, 0.717) is 5.69 Å². The summed E-state index contributed by atoms with van der Waals surface area (Å²) in [7, 11) is 0.602. The SMILES string of the molecule is COc1ccc(NC(=O)CNC(C)(C)C)cc1S(=O)(=O)N(C)C. The maximum absolute atomic E-state index is 12.3. The Kier molecular flexibility index (Phi) is 6.15. The van der Waals surface area contributed by atoms with Gasteiger partial charge in [0.05, 0.1) is 13.7 Å². The third-order valence-electron chi connectivity index (χ3n) is 2.99. The Balaban J connectivity index is 3.01. The molecule has 0 aromatic heterocycles. The lowest BCUT2D eigenvalue weighted by molar-refractivity contribution is -0.115. The van der Waals surface area contributed by atoms with E-state index in [0.717, 1.165) is 4.31 Å². The topological polar surface area (TPSA) is 87.7 Å². The number of sulfonamides is 1. The van der Waals surface area contributed by atoms with Crippen LogP contribution in [-0.4, -0.2) is 51.9 Å². The standard InChI is InChI=1S/C15H25N3O4S/c1-15(2,3)16-10-14(19)17-11-7-8-12(22-6)13(9-11)23(20,21)18(4)5/h7-9,16H,10H2,1-6H3,(H,17,19). The molecule has 0 spiro atoms. The first-order valence-electron chi connectivity index (χ1n) is 7.13. The second-order valence-electron chi connectivity index (χ2n) is 6.30. The summed E-state index contributed by atoms with van der Waals surface area (Å²) in [4.78, 5) is 11.9. The van der Waals surface area contributed by atoms with E-state index in [2.05, 4.69) is 10.6 Å². The van der Waals surface area contributed by atoms with Crippen molar-refractivity contribution in [2.24, 2.45) is 0 Å². The Morgan fingerprint density at radius 3 is 2.35 bits per heavy atom. The van der Waals surface area contributed by atoms with E-state index in [9.17, 15) is 13.2 Å². The minimum Gasteiger partial charge on any atom is -0.495 e. The monoisotopic (exact) mass is 343 g/mol. The van der Waals surface area contributed by atoms with Crippen LogP contribution in [0.5, 0.6) is 5.75 Å². The number of carbonyl (C=O) groups is 1. The number of nitrogens with one attached hydrogen (secondary N) is 2. The van der Waals surface area contributed by atoms with Gasteiger partial charge in [-0.05, 0) is 39.0 Å². The van der Waals surface area contributed by atoms with E-state index in [4.69, 9.17) is 4.74 Å². The quantitative estimate of drug-likeness (QED) is 0.812. The van der Waals surface area contributed by atoms with Crippen molar-refractivity contribution in [3.05, 3.63) is 18.2 Å². The molecule has 23 heavy (non-hydrogen) atoms. The second kappa shape index (κ2) is 7.29. The summed E-state index contributed by atoms with van der Waals surface area (Å²) in [6.45, 7) is 5.99. The van der Waals surface area contributed by atoms with Gasteiger partial charge in [-0.15, -0.1) is 0 Å². The average molecular weight is 343 g/mol. The third kappa shape index (κ3) is 5.49.